The molecule has 0 bridgehead atoms. The van der Waals surface area contributed by atoms with Crippen LogP contribution in [0.1, 0.15) is 47.2 Å². The van der Waals surface area contributed by atoms with E-state index in [1.54, 1.807) is 0 Å². The van der Waals surface area contributed by atoms with Crippen LogP contribution in [-0.2, 0) is 26.6 Å². The molecule has 2 heterocycles. The highest BCUT2D eigenvalue weighted by Crippen LogP contribution is 2.44. The third-order valence-corrected chi connectivity index (χ3v) is 5.50. The SMILES string of the molecule is O=CCCCCCc1ccc(-c2ccc(Cl)cc2)c2c1C(=O)NC21OCCO1. The Morgan fingerprint density at radius 3 is 2.50 bits per heavy atom. The Hall–Kier alpha value is -2.21. The van der Waals surface area contributed by atoms with Crippen molar-refractivity contribution in [1.29, 1.82) is 0 Å². The van der Waals surface area contributed by atoms with E-state index < -0.39 is 5.91 Å². The molecule has 0 aliphatic carbocycles. The first kappa shape index (κ1) is 19.1. The fourth-order valence-corrected chi connectivity index (χ4v) is 4.07. The maximum absolute atomic E-state index is 12.9. The molecular formula is C22H22ClNO4. The number of hydrogen-bond acceptors (Lipinski definition) is 4. The highest BCUT2D eigenvalue weighted by atomic mass is 35.5. The van der Waals surface area contributed by atoms with E-state index in [1.165, 1.54) is 0 Å². The molecule has 4 rings (SSSR count). The first-order valence-corrected chi connectivity index (χ1v) is 9.99. The van der Waals surface area contributed by atoms with Crippen LogP contribution in [-0.4, -0.2) is 25.4 Å². The molecule has 0 saturated carbocycles. The maximum Gasteiger partial charge on any atom is 0.281 e. The molecule has 1 N–H and O–H groups in total. The summed E-state index contributed by atoms with van der Waals surface area (Å²) in [4.78, 5) is 23.4. The summed E-state index contributed by atoms with van der Waals surface area (Å²) in [7, 11) is 0. The lowest BCUT2D eigenvalue weighted by molar-refractivity contribution is -0.175. The van der Waals surface area contributed by atoms with Crippen LogP contribution < -0.4 is 5.32 Å². The van der Waals surface area contributed by atoms with Gasteiger partial charge in [0.25, 0.3) is 11.8 Å². The molecular weight excluding hydrogens is 378 g/mol. The van der Waals surface area contributed by atoms with Gasteiger partial charge in [-0.25, -0.2) is 0 Å². The average Bonchev–Trinajstić information content (AvgIpc) is 3.28. The Morgan fingerprint density at radius 1 is 1.04 bits per heavy atom. The van der Waals surface area contributed by atoms with Crippen molar-refractivity contribution in [2.24, 2.45) is 0 Å². The highest BCUT2D eigenvalue weighted by Gasteiger charge is 2.50. The van der Waals surface area contributed by atoms with Crippen molar-refractivity contribution >= 4 is 23.8 Å². The third-order valence-electron chi connectivity index (χ3n) is 5.24. The number of halogens is 1. The summed E-state index contributed by atoms with van der Waals surface area (Å²) in [6.45, 7) is 0.853. The minimum Gasteiger partial charge on any atom is -0.327 e. The van der Waals surface area contributed by atoms with Crippen molar-refractivity contribution in [3.05, 3.63) is 58.1 Å². The third kappa shape index (κ3) is 3.46. The molecule has 2 aromatic carbocycles. The van der Waals surface area contributed by atoms with E-state index in [0.717, 1.165) is 54.2 Å². The molecule has 2 aliphatic rings. The molecule has 146 valence electrons. The molecule has 0 radical (unpaired) electrons. The topological polar surface area (TPSA) is 64.6 Å². The van der Waals surface area contributed by atoms with Crippen molar-refractivity contribution in [3.63, 3.8) is 0 Å². The minimum atomic E-state index is -1.21. The zero-order valence-corrected chi connectivity index (χ0v) is 16.3. The lowest BCUT2D eigenvalue weighted by atomic mass is 9.90. The Kier molecular flexibility index (Phi) is 5.49. The predicted molar refractivity (Wildman–Crippen MR) is 106 cm³/mol. The zero-order chi connectivity index (χ0) is 19.6. The van der Waals surface area contributed by atoms with Crippen LogP contribution in [0.5, 0.6) is 0 Å². The number of nitrogens with one attached hydrogen (secondary N) is 1. The van der Waals surface area contributed by atoms with Crippen molar-refractivity contribution in [3.8, 4) is 11.1 Å². The molecule has 0 aromatic heterocycles. The summed E-state index contributed by atoms with van der Waals surface area (Å²) in [5.74, 6) is -1.38. The number of ether oxygens (including phenoxy) is 2. The van der Waals surface area contributed by atoms with Crippen LogP contribution in [0.3, 0.4) is 0 Å². The molecule has 2 aromatic rings. The van der Waals surface area contributed by atoms with Crippen LogP contribution in [0, 0.1) is 0 Å². The Morgan fingerprint density at radius 2 is 1.79 bits per heavy atom. The lowest BCUT2D eigenvalue weighted by Crippen LogP contribution is -2.40. The first-order valence-electron chi connectivity index (χ1n) is 9.61. The maximum atomic E-state index is 12.9. The van der Waals surface area contributed by atoms with Gasteiger partial charge in [-0.15, -0.1) is 0 Å². The van der Waals surface area contributed by atoms with Gasteiger partial charge in [0, 0.05) is 11.4 Å². The van der Waals surface area contributed by atoms with Gasteiger partial charge in [0.1, 0.15) is 6.29 Å². The van der Waals surface area contributed by atoms with Gasteiger partial charge in [-0.3, -0.25) is 10.1 Å². The van der Waals surface area contributed by atoms with E-state index in [0.29, 0.717) is 30.2 Å². The molecule has 1 amide bonds. The van der Waals surface area contributed by atoms with Crippen LogP contribution in [0.15, 0.2) is 36.4 Å². The summed E-state index contributed by atoms with van der Waals surface area (Å²) in [6.07, 6.45) is 5.04. The highest BCUT2D eigenvalue weighted by molar-refractivity contribution is 6.30. The Bertz CT molecular complexity index is 888. The number of aryl methyl sites for hydroxylation is 1. The number of fused-ring (bicyclic) bond motifs is 2. The number of unbranched alkanes of at least 4 members (excludes halogenated alkanes) is 3. The van der Waals surface area contributed by atoms with Crippen molar-refractivity contribution in [1.82, 2.24) is 5.32 Å². The van der Waals surface area contributed by atoms with E-state index in [2.05, 4.69) is 5.32 Å². The van der Waals surface area contributed by atoms with Crippen LogP contribution >= 0.6 is 11.6 Å². The number of carbonyl (C=O) groups is 2. The van der Waals surface area contributed by atoms with Gasteiger partial charge in [-0.05, 0) is 48.1 Å². The Labute approximate surface area is 169 Å². The molecule has 2 aliphatic heterocycles. The standard InChI is InChI=1S/C22H22ClNO4/c23-17-9-6-15(7-10-17)18-11-8-16(5-3-1-2-4-12-25)19-20(18)22(24-21(19)26)27-13-14-28-22/h6-12H,1-5,13-14H2,(H,24,26). The van der Waals surface area contributed by atoms with E-state index >= 15 is 0 Å². The summed E-state index contributed by atoms with van der Waals surface area (Å²) in [5.41, 5.74) is 4.23. The summed E-state index contributed by atoms with van der Waals surface area (Å²) < 4.78 is 11.8. The quantitative estimate of drug-likeness (QED) is 0.559. The minimum absolute atomic E-state index is 0.171. The van der Waals surface area contributed by atoms with Gasteiger partial charge in [0.15, 0.2) is 0 Å². The molecule has 5 nitrogen and oxygen atoms in total. The summed E-state index contributed by atoms with van der Waals surface area (Å²) in [6, 6.07) is 11.6. The van der Waals surface area contributed by atoms with Crippen molar-refractivity contribution in [2.45, 2.75) is 38.0 Å². The van der Waals surface area contributed by atoms with Gasteiger partial charge >= 0.3 is 0 Å². The second-order valence-electron chi connectivity index (χ2n) is 7.06. The summed E-state index contributed by atoms with van der Waals surface area (Å²) in [5, 5.41) is 3.57. The Balaban J connectivity index is 1.74. The van der Waals surface area contributed by atoms with Crippen molar-refractivity contribution < 1.29 is 19.1 Å². The monoisotopic (exact) mass is 399 g/mol. The predicted octanol–water partition coefficient (Wildman–Crippen LogP) is 4.21. The second kappa shape index (κ2) is 8.03. The van der Waals surface area contributed by atoms with Crippen molar-refractivity contribution in [2.75, 3.05) is 13.2 Å². The molecule has 6 heteroatoms. The van der Waals surface area contributed by atoms with Crippen LogP contribution in [0.4, 0.5) is 0 Å². The van der Waals surface area contributed by atoms with Gasteiger partial charge < -0.3 is 14.3 Å². The molecule has 28 heavy (non-hydrogen) atoms. The number of amides is 1. The van der Waals surface area contributed by atoms with E-state index in [-0.39, 0.29) is 5.91 Å². The zero-order valence-electron chi connectivity index (χ0n) is 15.5. The molecule has 0 unspecified atom stereocenters. The van der Waals surface area contributed by atoms with E-state index in [9.17, 15) is 9.59 Å². The molecule has 1 spiro atoms. The van der Waals surface area contributed by atoms with Crippen LogP contribution in [0.25, 0.3) is 11.1 Å². The smallest absolute Gasteiger partial charge is 0.281 e. The van der Waals surface area contributed by atoms with E-state index in [1.807, 2.05) is 36.4 Å². The second-order valence-corrected chi connectivity index (χ2v) is 7.50. The van der Waals surface area contributed by atoms with Gasteiger partial charge in [-0.2, -0.15) is 0 Å². The number of carbonyl (C=O) groups excluding carboxylic acids is 2. The van der Waals surface area contributed by atoms with Gasteiger partial charge in [-0.1, -0.05) is 42.3 Å². The fourth-order valence-electron chi connectivity index (χ4n) is 3.95. The van der Waals surface area contributed by atoms with Gasteiger partial charge in [0.2, 0.25) is 0 Å². The van der Waals surface area contributed by atoms with Crippen LogP contribution in [0.2, 0.25) is 5.02 Å². The van der Waals surface area contributed by atoms with E-state index in [4.69, 9.17) is 21.1 Å². The average molecular weight is 400 g/mol. The number of hydrogen-bond donors (Lipinski definition) is 1. The van der Waals surface area contributed by atoms with Gasteiger partial charge in [0.05, 0.1) is 24.3 Å². The normalized spacial score (nSPS) is 17.0. The number of rotatable bonds is 7. The largest absolute Gasteiger partial charge is 0.327 e. The fraction of sp³-hybridized carbons (Fsp3) is 0.364. The molecule has 1 saturated heterocycles. The lowest BCUT2D eigenvalue weighted by Gasteiger charge is -2.25. The number of benzene rings is 2. The number of aldehydes is 1. The molecule has 1 fully saturated rings. The first-order chi connectivity index (χ1) is 13.6. The molecule has 0 atom stereocenters. The summed E-state index contributed by atoms with van der Waals surface area (Å²) >= 11 is 6.04.